The molecule has 30 heavy (non-hydrogen) atoms. The van der Waals surface area contributed by atoms with Gasteiger partial charge in [-0.3, -0.25) is 9.59 Å². The summed E-state index contributed by atoms with van der Waals surface area (Å²) in [5.74, 6) is -2.17. The predicted octanol–water partition coefficient (Wildman–Crippen LogP) is 3.97. The lowest BCUT2D eigenvalue weighted by Crippen LogP contribution is -2.30. The van der Waals surface area contributed by atoms with Gasteiger partial charge in [0.15, 0.2) is 11.7 Å². The number of aryl methyl sites for hydroxylation is 1. The van der Waals surface area contributed by atoms with Crippen molar-refractivity contribution in [2.24, 2.45) is 0 Å². The number of aromatic nitrogens is 1. The van der Waals surface area contributed by atoms with E-state index in [-0.39, 0.29) is 42.4 Å². The van der Waals surface area contributed by atoms with E-state index in [1.807, 2.05) is 18.2 Å². The summed E-state index contributed by atoms with van der Waals surface area (Å²) in [5.41, 5.74) is 0.465. The Bertz CT molecular complexity index is 1000. The fraction of sp³-hybridized carbons (Fsp3) is 0.227. The molecule has 2 aromatic carbocycles. The van der Waals surface area contributed by atoms with E-state index >= 15 is 0 Å². The number of amides is 1. The second kappa shape index (κ2) is 9.78. The van der Waals surface area contributed by atoms with Gasteiger partial charge in [0.1, 0.15) is 11.6 Å². The maximum absolute atomic E-state index is 13.9. The molecule has 0 fully saturated rings. The molecule has 0 spiro atoms. The van der Waals surface area contributed by atoms with Crippen molar-refractivity contribution in [1.29, 1.82) is 0 Å². The van der Waals surface area contributed by atoms with Gasteiger partial charge in [-0.05, 0) is 17.7 Å². The summed E-state index contributed by atoms with van der Waals surface area (Å²) < 4.78 is 37.8. The number of esters is 1. The number of benzene rings is 2. The molecule has 1 atom stereocenters. The van der Waals surface area contributed by atoms with Crippen LogP contribution in [0.3, 0.4) is 0 Å². The third kappa shape index (κ3) is 5.28. The highest BCUT2D eigenvalue weighted by molar-refractivity contribution is 5.78. The average Bonchev–Trinajstić information content (AvgIpc) is 3.20. The molecule has 0 aliphatic rings. The molecular weight excluding hydrogens is 394 g/mol. The highest BCUT2D eigenvalue weighted by Gasteiger charge is 2.20. The van der Waals surface area contributed by atoms with E-state index in [1.165, 1.54) is 19.4 Å². The predicted molar refractivity (Wildman–Crippen MR) is 104 cm³/mol. The van der Waals surface area contributed by atoms with E-state index in [0.717, 1.165) is 17.7 Å². The van der Waals surface area contributed by atoms with Gasteiger partial charge in [-0.15, -0.1) is 0 Å². The Morgan fingerprint density at radius 1 is 1.10 bits per heavy atom. The van der Waals surface area contributed by atoms with Crippen LogP contribution < -0.4 is 5.32 Å². The molecule has 0 radical (unpaired) electrons. The fourth-order valence-corrected chi connectivity index (χ4v) is 2.95. The number of ether oxygens (including phenoxy) is 1. The first-order chi connectivity index (χ1) is 14.5. The minimum atomic E-state index is -0.760. The first-order valence-electron chi connectivity index (χ1n) is 9.28. The van der Waals surface area contributed by atoms with Gasteiger partial charge >= 0.3 is 5.97 Å². The van der Waals surface area contributed by atoms with Crippen LogP contribution in [0.5, 0.6) is 0 Å². The maximum atomic E-state index is 13.9. The molecule has 1 aromatic heterocycles. The molecule has 0 aliphatic heterocycles. The smallest absolute Gasteiger partial charge is 0.307 e. The van der Waals surface area contributed by atoms with Crippen LogP contribution in [0.2, 0.25) is 0 Å². The standard InChI is InChI=1S/C22H20F2N2O4/c1-29-21(28)12-17(14-6-3-2-4-7-14)26-19(27)10-11-20-25-13-18(30-20)22-15(23)8-5-9-16(22)24/h2-9,13,17H,10-12H2,1H3,(H,26,27). The van der Waals surface area contributed by atoms with E-state index < -0.39 is 23.6 Å². The van der Waals surface area contributed by atoms with Gasteiger partial charge in [0.2, 0.25) is 5.91 Å². The minimum absolute atomic E-state index is 0.0119. The number of oxazole rings is 1. The summed E-state index contributed by atoms with van der Waals surface area (Å²) in [6.07, 6.45) is 1.35. The lowest BCUT2D eigenvalue weighted by molar-refractivity contribution is -0.141. The van der Waals surface area contributed by atoms with E-state index in [4.69, 9.17) is 9.15 Å². The number of rotatable bonds is 8. The van der Waals surface area contributed by atoms with Gasteiger partial charge < -0.3 is 14.5 Å². The first kappa shape index (κ1) is 21.2. The van der Waals surface area contributed by atoms with E-state index in [1.54, 1.807) is 12.1 Å². The second-order valence-corrected chi connectivity index (χ2v) is 6.53. The molecule has 1 amide bonds. The number of hydrogen-bond donors (Lipinski definition) is 1. The van der Waals surface area contributed by atoms with Crippen LogP contribution in [-0.2, 0) is 20.7 Å². The molecule has 0 aliphatic carbocycles. The minimum Gasteiger partial charge on any atom is -0.469 e. The molecule has 1 unspecified atom stereocenters. The highest BCUT2D eigenvalue weighted by atomic mass is 19.1. The summed E-state index contributed by atoms with van der Waals surface area (Å²) in [6, 6.07) is 12.0. The third-order valence-electron chi connectivity index (χ3n) is 4.46. The topological polar surface area (TPSA) is 81.4 Å². The molecule has 0 saturated carbocycles. The summed E-state index contributed by atoms with van der Waals surface area (Å²) in [7, 11) is 1.28. The van der Waals surface area contributed by atoms with Crippen molar-refractivity contribution in [3.05, 3.63) is 77.8 Å². The quantitative estimate of drug-likeness (QED) is 0.564. The van der Waals surface area contributed by atoms with Crippen molar-refractivity contribution in [3.63, 3.8) is 0 Å². The molecule has 8 heteroatoms. The average molecular weight is 414 g/mol. The molecule has 1 heterocycles. The Hall–Kier alpha value is -3.55. The summed E-state index contributed by atoms with van der Waals surface area (Å²) in [4.78, 5) is 28.1. The van der Waals surface area contributed by atoms with Crippen LogP contribution in [0, 0.1) is 11.6 Å². The van der Waals surface area contributed by atoms with Gasteiger partial charge in [0.25, 0.3) is 0 Å². The second-order valence-electron chi connectivity index (χ2n) is 6.53. The Morgan fingerprint density at radius 3 is 2.47 bits per heavy atom. The Balaban J connectivity index is 1.63. The van der Waals surface area contributed by atoms with Crippen molar-refractivity contribution < 1.29 is 27.5 Å². The van der Waals surface area contributed by atoms with Crippen LogP contribution in [0.15, 0.2) is 59.1 Å². The number of nitrogens with zero attached hydrogens (tertiary/aromatic N) is 1. The zero-order chi connectivity index (χ0) is 21.5. The van der Waals surface area contributed by atoms with Gasteiger partial charge in [-0.25, -0.2) is 13.8 Å². The Labute approximate surface area is 171 Å². The van der Waals surface area contributed by atoms with E-state index in [2.05, 4.69) is 10.3 Å². The largest absolute Gasteiger partial charge is 0.469 e. The molecule has 6 nitrogen and oxygen atoms in total. The number of methoxy groups -OCH3 is 1. The summed E-state index contributed by atoms with van der Waals surface area (Å²) in [5, 5.41) is 2.80. The van der Waals surface area contributed by atoms with Crippen LogP contribution in [0.25, 0.3) is 11.3 Å². The first-order valence-corrected chi connectivity index (χ1v) is 9.28. The molecule has 3 rings (SSSR count). The van der Waals surface area contributed by atoms with Crippen molar-refractivity contribution in [2.75, 3.05) is 7.11 Å². The lowest BCUT2D eigenvalue weighted by Gasteiger charge is -2.18. The van der Waals surface area contributed by atoms with Crippen LogP contribution in [-0.4, -0.2) is 24.0 Å². The normalized spacial score (nSPS) is 11.7. The van der Waals surface area contributed by atoms with Crippen LogP contribution in [0.1, 0.15) is 30.3 Å². The fourth-order valence-electron chi connectivity index (χ4n) is 2.95. The molecular formula is C22H20F2N2O4. The number of carbonyl (C=O) groups excluding carboxylic acids is 2. The van der Waals surface area contributed by atoms with E-state index in [0.29, 0.717) is 0 Å². The third-order valence-corrected chi connectivity index (χ3v) is 4.46. The molecule has 3 aromatic rings. The summed E-state index contributed by atoms with van der Waals surface area (Å²) in [6.45, 7) is 0. The maximum Gasteiger partial charge on any atom is 0.307 e. The SMILES string of the molecule is COC(=O)CC(NC(=O)CCc1ncc(-c2c(F)cccc2F)o1)c1ccccc1. The zero-order valence-electron chi connectivity index (χ0n) is 16.2. The van der Waals surface area contributed by atoms with Crippen molar-refractivity contribution in [3.8, 4) is 11.3 Å². The monoisotopic (exact) mass is 414 g/mol. The Kier molecular flexibility index (Phi) is 6.90. The zero-order valence-corrected chi connectivity index (χ0v) is 16.2. The number of halogens is 2. The number of carbonyl (C=O) groups is 2. The van der Waals surface area contributed by atoms with Crippen LogP contribution in [0.4, 0.5) is 8.78 Å². The van der Waals surface area contributed by atoms with Crippen LogP contribution >= 0.6 is 0 Å². The highest BCUT2D eigenvalue weighted by Crippen LogP contribution is 2.27. The van der Waals surface area contributed by atoms with Crippen molar-refractivity contribution in [2.45, 2.75) is 25.3 Å². The van der Waals surface area contributed by atoms with Gasteiger partial charge in [-0.1, -0.05) is 36.4 Å². The van der Waals surface area contributed by atoms with Crippen molar-refractivity contribution >= 4 is 11.9 Å². The summed E-state index contributed by atoms with van der Waals surface area (Å²) >= 11 is 0. The molecule has 156 valence electrons. The molecule has 0 bridgehead atoms. The lowest BCUT2D eigenvalue weighted by atomic mass is 10.0. The van der Waals surface area contributed by atoms with Crippen molar-refractivity contribution in [1.82, 2.24) is 10.3 Å². The number of hydrogen-bond acceptors (Lipinski definition) is 5. The number of nitrogens with one attached hydrogen (secondary N) is 1. The van der Waals surface area contributed by atoms with Gasteiger partial charge in [0.05, 0.1) is 31.3 Å². The Morgan fingerprint density at radius 2 is 1.80 bits per heavy atom. The van der Waals surface area contributed by atoms with Gasteiger partial charge in [0, 0.05) is 12.8 Å². The van der Waals surface area contributed by atoms with Gasteiger partial charge in [-0.2, -0.15) is 0 Å². The molecule has 0 saturated heterocycles. The molecule has 1 N–H and O–H groups in total. The van der Waals surface area contributed by atoms with E-state index in [9.17, 15) is 18.4 Å².